The fraction of sp³-hybridized carbons (Fsp3) is 0.235. The van der Waals surface area contributed by atoms with Crippen LogP contribution in [0.1, 0.15) is 22.8 Å². The highest BCUT2D eigenvalue weighted by molar-refractivity contribution is 7.92. The van der Waals surface area contributed by atoms with Gasteiger partial charge in [-0.05, 0) is 36.8 Å². The van der Waals surface area contributed by atoms with Gasteiger partial charge >= 0.3 is 6.18 Å². The Hall–Kier alpha value is -2.35. The molecule has 132 valence electrons. The van der Waals surface area contributed by atoms with Crippen molar-refractivity contribution in [3.63, 3.8) is 0 Å². The topological polar surface area (TPSA) is 55.7 Å². The maximum absolute atomic E-state index is 12.9. The van der Waals surface area contributed by atoms with E-state index in [4.69, 9.17) is 4.74 Å². The lowest BCUT2D eigenvalue weighted by Gasteiger charge is -2.19. The fourth-order valence-electron chi connectivity index (χ4n) is 2.55. The van der Waals surface area contributed by atoms with E-state index < -0.39 is 33.1 Å². The molecule has 0 aromatic heterocycles. The van der Waals surface area contributed by atoms with E-state index in [1.165, 1.54) is 24.3 Å². The first kappa shape index (κ1) is 17.5. The highest BCUT2D eigenvalue weighted by atomic mass is 32.2. The van der Waals surface area contributed by atoms with Gasteiger partial charge < -0.3 is 4.74 Å². The molecule has 0 saturated carbocycles. The Bertz CT molecular complexity index is 905. The number of benzene rings is 2. The molecule has 2 aromatic rings. The Kier molecular flexibility index (Phi) is 4.32. The first-order valence-corrected chi connectivity index (χ1v) is 8.89. The SMILES string of the molecule is Cc1ccc(S(=O)(=O)[C@H]2N=CO[C@@H]2c2cccc(C(F)(F)F)c2)cc1. The smallest absolute Gasteiger partial charge is 0.416 e. The number of aryl methyl sites for hydroxylation is 1. The number of sulfone groups is 1. The van der Waals surface area contributed by atoms with Gasteiger partial charge in [-0.2, -0.15) is 13.2 Å². The third kappa shape index (κ3) is 3.39. The van der Waals surface area contributed by atoms with Crippen molar-refractivity contribution in [2.75, 3.05) is 0 Å². The standard InChI is InChI=1S/C17H14F3NO3S/c1-11-5-7-14(8-6-11)25(22,23)16-15(24-10-21-16)12-3-2-4-13(9-12)17(18,19)20/h2-10,15-16H,1H3/t15-,16-/m1/s1. The first-order chi connectivity index (χ1) is 11.7. The average molecular weight is 369 g/mol. The van der Waals surface area contributed by atoms with Crippen LogP contribution in [0.4, 0.5) is 13.2 Å². The predicted octanol–water partition coefficient (Wildman–Crippen LogP) is 3.91. The molecule has 1 aliphatic heterocycles. The lowest BCUT2D eigenvalue weighted by Crippen LogP contribution is -2.25. The van der Waals surface area contributed by atoms with Gasteiger partial charge in [0.1, 0.15) is 0 Å². The molecule has 2 atom stereocenters. The first-order valence-electron chi connectivity index (χ1n) is 7.34. The number of nitrogens with zero attached hydrogens (tertiary/aromatic N) is 1. The molecule has 0 aliphatic carbocycles. The van der Waals surface area contributed by atoms with Crippen LogP contribution in [-0.4, -0.2) is 20.2 Å². The Labute approximate surface area is 142 Å². The maximum Gasteiger partial charge on any atom is 0.416 e. The number of hydrogen-bond acceptors (Lipinski definition) is 4. The van der Waals surface area contributed by atoms with Crippen LogP contribution in [-0.2, 0) is 20.8 Å². The lowest BCUT2D eigenvalue weighted by molar-refractivity contribution is -0.137. The minimum atomic E-state index is -4.53. The molecule has 3 rings (SSSR count). The molecule has 4 nitrogen and oxygen atoms in total. The van der Waals surface area contributed by atoms with Crippen LogP contribution >= 0.6 is 0 Å². The van der Waals surface area contributed by atoms with E-state index in [2.05, 4.69) is 4.99 Å². The zero-order valence-corrected chi connectivity index (χ0v) is 13.9. The number of rotatable bonds is 3. The quantitative estimate of drug-likeness (QED) is 0.824. The largest absolute Gasteiger partial charge is 0.472 e. The molecule has 0 saturated heterocycles. The third-order valence-corrected chi connectivity index (χ3v) is 5.82. The maximum atomic E-state index is 12.9. The summed E-state index contributed by atoms with van der Waals surface area (Å²) in [5, 5.41) is -1.33. The van der Waals surface area contributed by atoms with E-state index in [1.54, 1.807) is 12.1 Å². The van der Waals surface area contributed by atoms with Crippen LogP contribution in [0.25, 0.3) is 0 Å². The van der Waals surface area contributed by atoms with Crippen molar-refractivity contribution >= 4 is 16.2 Å². The molecule has 0 bridgehead atoms. The molecule has 1 heterocycles. The molecule has 0 unspecified atom stereocenters. The molecule has 25 heavy (non-hydrogen) atoms. The molecule has 0 radical (unpaired) electrons. The summed E-state index contributed by atoms with van der Waals surface area (Å²) in [7, 11) is -3.91. The van der Waals surface area contributed by atoms with Gasteiger partial charge in [0.15, 0.2) is 17.9 Å². The molecule has 0 N–H and O–H groups in total. The summed E-state index contributed by atoms with van der Waals surface area (Å²) in [4.78, 5) is 3.88. The van der Waals surface area contributed by atoms with Gasteiger partial charge in [0.05, 0.1) is 10.5 Å². The molecule has 0 fully saturated rings. The molecule has 0 spiro atoms. The molecule has 0 amide bonds. The zero-order chi connectivity index (χ0) is 18.2. The molecule has 8 heteroatoms. The van der Waals surface area contributed by atoms with Crippen molar-refractivity contribution < 1.29 is 26.3 Å². The Morgan fingerprint density at radius 3 is 2.40 bits per heavy atom. The monoisotopic (exact) mass is 369 g/mol. The van der Waals surface area contributed by atoms with Crippen molar-refractivity contribution in [2.45, 2.75) is 29.5 Å². The second kappa shape index (κ2) is 6.18. The van der Waals surface area contributed by atoms with Crippen LogP contribution in [0.2, 0.25) is 0 Å². The van der Waals surface area contributed by atoms with Crippen LogP contribution in [0, 0.1) is 6.92 Å². The summed E-state index contributed by atoms with van der Waals surface area (Å²) in [6.07, 6.45) is -4.68. The van der Waals surface area contributed by atoms with Crippen molar-refractivity contribution in [1.82, 2.24) is 0 Å². The van der Waals surface area contributed by atoms with Crippen molar-refractivity contribution in [1.29, 1.82) is 0 Å². The number of alkyl halides is 3. The van der Waals surface area contributed by atoms with E-state index in [1.807, 2.05) is 6.92 Å². The third-order valence-electron chi connectivity index (χ3n) is 3.88. The predicted molar refractivity (Wildman–Crippen MR) is 85.9 cm³/mol. The van der Waals surface area contributed by atoms with Gasteiger partial charge in [-0.25, -0.2) is 13.4 Å². The van der Waals surface area contributed by atoms with Crippen molar-refractivity contribution in [3.8, 4) is 0 Å². The average Bonchev–Trinajstić information content (AvgIpc) is 3.05. The second-order valence-corrected chi connectivity index (χ2v) is 7.73. The van der Waals surface area contributed by atoms with E-state index in [9.17, 15) is 21.6 Å². The van der Waals surface area contributed by atoms with Crippen LogP contribution in [0.3, 0.4) is 0 Å². The summed E-state index contributed by atoms with van der Waals surface area (Å²) in [5.41, 5.74) is 0.125. The molecular formula is C17H14F3NO3S. The van der Waals surface area contributed by atoms with Gasteiger partial charge in [0.2, 0.25) is 9.84 Å². The highest BCUT2D eigenvalue weighted by Crippen LogP contribution is 2.36. The zero-order valence-electron chi connectivity index (χ0n) is 13.1. The van der Waals surface area contributed by atoms with Gasteiger partial charge in [0.25, 0.3) is 0 Å². The lowest BCUT2D eigenvalue weighted by atomic mass is 10.1. The van der Waals surface area contributed by atoms with Crippen molar-refractivity contribution in [2.24, 2.45) is 4.99 Å². The van der Waals surface area contributed by atoms with Gasteiger partial charge in [-0.15, -0.1) is 0 Å². The summed E-state index contributed by atoms with van der Waals surface area (Å²) in [5.74, 6) is 0. The minimum absolute atomic E-state index is 0.0442. The summed E-state index contributed by atoms with van der Waals surface area (Å²) in [6, 6.07) is 10.6. The Morgan fingerprint density at radius 2 is 1.76 bits per heavy atom. The van der Waals surface area contributed by atoms with Gasteiger partial charge in [-0.1, -0.05) is 29.8 Å². The van der Waals surface area contributed by atoms with E-state index in [-0.39, 0.29) is 10.5 Å². The Balaban J connectivity index is 1.98. The number of aliphatic imine (C=N–C) groups is 1. The van der Waals surface area contributed by atoms with E-state index in [0.717, 1.165) is 24.1 Å². The molecule has 2 aromatic carbocycles. The minimum Gasteiger partial charge on any atom is -0.472 e. The molecule has 1 aliphatic rings. The number of halogens is 3. The van der Waals surface area contributed by atoms with Gasteiger partial charge in [-0.3, -0.25) is 0 Å². The number of ether oxygens (including phenoxy) is 1. The van der Waals surface area contributed by atoms with E-state index >= 15 is 0 Å². The van der Waals surface area contributed by atoms with Crippen LogP contribution in [0.5, 0.6) is 0 Å². The van der Waals surface area contributed by atoms with Crippen molar-refractivity contribution in [3.05, 3.63) is 65.2 Å². The summed E-state index contributed by atoms with van der Waals surface area (Å²) < 4.78 is 69.5. The number of hydrogen-bond donors (Lipinski definition) is 0. The molecular weight excluding hydrogens is 355 g/mol. The van der Waals surface area contributed by atoms with Crippen LogP contribution < -0.4 is 0 Å². The second-order valence-electron chi connectivity index (χ2n) is 5.68. The summed E-state index contributed by atoms with van der Waals surface area (Å²) >= 11 is 0. The van der Waals surface area contributed by atoms with Crippen LogP contribution in [0.15, 0.2) is 58.4 Å². The van der Waals surface area contributed by atoms with E-state index in [0.29, 0.717) is 0 Å². The highest BCUT2D eigenvalue weighted by Gasteiger charge is 2.40. The fourth-order valence-corrected chi connectivity index (χ4v) is 4.10. The Morgan fingerprint density at radius 1 is 1.08 bits per heavy atom. The normalized spacial score (nSPS) is 20.5. The summed E-state index contributed by atoms with van der Waals surface area (Å²) in [6.45, 7) is 1.82. The van der Waals surface area contributed by atoms with Gasteiger partial charge in [0, 0.05) is 0 Å².